The number of amidine groups is 1. The molecule has 0 aliphatic heterocycles. The van der Waals surface area contributed by atoms with Gasteiger partial charge in [-0.3, -0.25) is 5.41 Å². The zero-order valence-corrected chi connectivity index (χ0v) is 11.2. The average molecular weight is 262 g/mol. The molecule has 0 spiro atoms. The van der Waals surface area contributed by atoms with E-state index in [2.05, 4.69) is 15.1 Å². The highest BCUT2D eigenvalue weighted by Crippen LogP contribution is 2.28. The maximum absolute atomic E-state index is 7.65. The number of pyridine rings is 1. The minimum absolute atomic E-state index is 0.0182. The summed E-state index contributed by atoms with van der Waals surface area (Å²) in [7, 11) is 1.81. The van der Waals surface area contributed by atoms with Crippen LogP contribution in [-0.2, 0) is 7.05 Å². The van der Waals surface area contributed by atoms with E-state index in [0.29, 0.717) is 10.6 Å². The van der Waals surface area contributed by atoms with Gasteiger partial charge in [0.2, 0.25) is 0 Å². The Labute approximate surface area is 109 Å². The van der Waals surface area contributed by atoms with Crippen LogP contribution < -0.4 is 5.73 Å². The highest BCUT2D eigenvalue weighted by atomic mass is 32.2. The maximum atomic E-state index is 7.65. The molecule has 2 rings (SSSR count). The van der Waals surface area contributed by atoms with Gasteiger partial charge in [0.15, 0.2) is 5.16 Å². The number of nitrogens with zero attached hydrogens (tertiary/aromatic N) is 4. The van der Waals surface area contributed by atoms with Gasteiger partial charge in [-0.05, 0) is 37.2 Å². The van der Waals surface area contributed by atoms with Gasteiger partial charge in [-0.2, -0.15) is 5.10 Å². The quantitative estimate of drug-likeness (QED) is 0.641. The van der Waals surface area contributed by atoms with Crippen molar-refractivity contribution >= 4 is 17.6 Å². The van der Waals surface area contributed by atoms with Crippen molar-refractivity contribution in [1.82, 2.24) is 19.7 Å². The second-order valence-electron chi connectivity index (χ2n) is 3.94. The van der Waals surface area contributed by atoms with E-state index in [1.807, 2.05) is 27.0 Å². The summed E-state index contributed by atoms with van der Waals surface area (Å²) in [4.78, 5) is 8.57. The number of nitrogens with two attached hydrogens (primary N) is 1. The first-order chi connectivity index (χ1) is 8.49. The first-order valence-electron chi connectivity index (χ1n) is 5.33. The molecule has 2 aromatic heterocycles. The van der Waals surface area contributed by atoms with Crippen molar-refractivity contribution < 1.29 is 0 Å². The fourth-order valence-corrected chi connectivity index (χ4v) is 2.68. The van der Waals surface area contributed by atoms with E-state index >= 15 is 0 Å². The standard InChI is InChI=1S/C11H14N6S/c1-6-4-7(2)16-10(8(6)9(12)13)18-11-14-5-15-17(11)3/h4-5H,1-3H3,(H3,12,13). The summed E-state index contributed by atoms with van der Waals surface area (Å²) in [6, 6.07) is 1.91. The normalized spacial score (nSPS) is 10.6. The third-order valence-corrected chi connectivity index (χ3v) is 3.48. The largest absolute Gasteiger partial charge is 0.384 e. The summed E-state index contributed by atoms with van der Waals surface area (Å²) >= 11 is 1.36. The van der Waals surface area contributed by atoms with Crippen LogP contribution in [0.5, 0.6) is 0 Å². The second-order valence-corrected chi connectivity index (χ2v) is 4.90. The average Bonchev–Trinajstić information content (AvgIpc) is 2.62. The van der Waals surface area contributed by atoms with Gasteiger partial charge in [-0.1, -0.05) is 0 Å². The van der Waals surface area contributed by atoms with Crippen molar-refractivity contribution in [2.24, 2.45) is 12.8 Å². The summed E-state index contributed by atoms with van der Waals surface area (Å²) in [5.74, 6) is 0.0182. The van der Waals surface area contributed by atoms with Crippen LogP contribution in [0.15, 0.2) is 22.6 Å². The molecule has 0 amide bonds. The molecule has 0 radical (unpaired) electrons. The molecule has 0 saturated carbocycles. The molecule has 94 valence electrons. The van der Waals surface area contributed by atoms with Gasteiger partial charge in [0, 0.05) is 12.7 Å². The minimum Gasteiger partial charge on any atom is -0.384 e. The molecule has 0 atom stereocenters. The lowest BCUT2D eigenvalue weighted by atomic mass is 10.1. The zero-order valence-electron chi connectivity index (χ0n) is 10.4. The van der Waals surface area contributed by atoms with Crippen molar-refractivity contribution in [2.75, 3.05) is 0 Å². The third kappa shape index (κ3) is 2.35. The Kier molecular flexibility index (Phi) is 3.33. The number of rotatable bonds is 3. The Hall–Kier alpha value is -1.89. The molecule has 0 aromatic carbocycles. The van der Waals surface area contributed by atoms with Crippen LogP contribution in [0.1, 0.15) is 16.8 Å². The van der Waals surface area contributed by atoms with Gasteiger partial charge in [0.25, 0.3) is 0 Å². The monoisotopic (exact) mass is 262 g/mol. The number of aryl methyl sites for hydroxylation is 3. The zero-order chi connectivity index (χ0) is 13.3. The van der Waals surface area contributed by atoms with Crippen molar-refractivity contribution in [2.45, 2.75) is 24.0 Å². The Morgan fingerprint density at radius 1 is 1.44 bits per heavy atom. The predicted molar refractivity (Wildman–Crippen MR) is 69.9 cm³/mol. The lowest BCUT2D eigenvalue weighted by Gasteiger charge is -2.10. The van der Waals surface area contributed by atoms with E-state index in [4.69, 9.17) is 11.1 Å². The van der Waals surface area contributed by atoms with E-state index in [1.54, 1.807) is 4.68 Å². The molecule has 6 nitrogen and oxygen atoms in total. The fourth-order valence-electron chi connectivity index (χ4n) is 1.67. The summed E-state index contributed by atoms with van der Waals surface area (Å²) in [6.07, 6.45) is 1.48. The number of hydrogen-bond acceptors (Lipinski definition) is 5. The SMILES string of the molecule is Cc1cc(C)c(C(=N)N)c(Sc2ncnn2C)n1. The predicted octanol–water partition coefficient (Wildman–Crippen LogP) is 1.26. The van der Waals surface area contributed by atoms with Crippen LogP contribution in [0.25, 0.3) is 0 Å². The van der Waals surface area contributed by atoms with Crippen LogP contribution in [0.2, 0.25) is 0 Å². The van der Waals surface area contributed by atoms with E-state index in [1.165, 1.54) is 18.1 Å². The first-order valence-corrected chi connectivity index (χ1v) is 6.15. The molecular weight excluding hydrogens is 248 g/mol. The highest BCUT2D eigenvalue weighted by molar-refractivity contribution is 7.99. The van der Waals surface area contributed by atoms with Crippen LogP contribution >= 0.6 is 11.8 Å². The molecule has 3 N–H and O–H groups in total. The lowest BCUT2D eigenvalue weighted by Crippen LogP contribution is -2.15. The Morgan fingerprint density at radius 2 is 2.17 bits per heavy atom. The van der Waals surface area contributed by atoms with Crippen molar-refractivity contribution in [3.8, 4) is 0 Å². The Balaban J connectivity index is 2.49. The van der Waals surface area contributed by atoms with Crippen LogP contribution in [0.3, 0.4) is 0 Å². The number of nitrogen functional groups attached to an aromatic ring is 1. The Bertz CT molecular complexity index is 604. The minimum atomic E-state index is 0.0182. The molecule has 2 aromatic rings. The molecule has 0 saturated heterocycles. The third-order valence-electron chi connectivity index (χ3n) is 2.44. The molecular formula is C11H14N6S. The fraction of sp³-hybridized carbons (Fsp3) is 0.273. The molecule has 2 heterocycles. The summed E-state index contributed by atoms with van der Waals surface area (Å²) in [6.45, 7) is 3.84. The maximum Gasteiger partial charge on any atom is 0.192 e. The van der Waals surface area contributed by atoms with Gasteiger partial charge in [0.1, 0.15) is 17.2 Å². The molecule has 0 bridgehead atoms. The van der Waals surface area contributed by atoms with Gasteiger partial charge < -0.3 is 5.73 Å². The molecule has 0 fully saturated rings. The van der Waals surface area contributed by atoms with E-state index < -0.39 is 0 Å². The number of aromatic nitrogens is 4. The number of nitrogens with one attached hydrogen (secondary N) is 1. The van der Waals surface area contributed by atoms with Crippen molar-refractivity contribution in [1.29, 1.82) is 5.41 Å². The van der Waals surface area contributed by atoms with E-state index in [9.17, 15) is 0 Å². The van der Waals surface area contributed by atoms with Crippen molar-refractivity contribution in [3.63, 3.8) is 0 Å². The second kappa shape index (κ2) is 4.77. The van der Waals surface area contributed by atoms with Gasteiger partial charge in [-0.15, -0.1) is 0 Å². The van der Waals surface area contributed by atoms with Crippen LogP contribution in [-0.4, -0.2) is 25.6 Å². The summed E-state index contributed by atoms with van der Waals surface area (Å²) in [5, 5.41) is 13.1. The van der Waals surface area contributed by atoms with E-state index in [0.717, 1.165) is 16.4 Å². The summed E-state index contributed by atoms with van der Waals surface area (Å²) in [5.41, 5.74) is 8.12. The molecule has 7 heteroatoms. The Morgan fingerprint density at radius 3 is 2.72 bits per heavy atom. The topological polar surface area (TPSA) is 93.5 Å². The smallest absolute Gasteiger partial charge is 0.192 e. The first kappa shape index (κ1) is 12.6. The van der Waals surface area contributed by atoms with Gasteiger partial charge in [0.05, 0.1) is 5.56 Å². The summed E-state index contributed by atoms with van der Waals surface area (Å²) < 4.78 is 1.66. The highest BCUT2D eigenvalue weighted by Gasteiger charge is 2.15. The molecule has 0 aliphatic carbocycles. The van der Waals surface area contributed by atoms with Crippen molar-refractivity contribution in [3.05, 3.63) is 29.2 Å². The van der Waals surface area contributed by atoms with Gasteiger partial charge >= 0.3 is 0 Å². The van der Waals surface area contributed by atoms with Crippen LogP contribution in [0, 0.1) is 19.3 Å². The molecule has 0 unspecified atom stereocenters. The van der Waals surface area contributed by atoms with Gasteiger partial charge in [-0.25, -0.2) is 14.6 Å². The van der Waals surface area contributed by atoms with E-state index in [-0.39, 0.29) is 5.84 Å². The molecule has 18 heavy (non-hydrogen) atoms. The molecule has 0 aliphatic rings. The van der Waals surface area contributed by atoms with Crippen LogP contribution in [0.4, 0.5) is 0 Å². The number of hydrogen-bond donors (Lipinski definition) is 2. The lowest BCUT2D eigenvalue weighted by molar-refractivity contribution is 0.684.